The van der Waals surface area contributed by atoms with Crippen molar-refractivity contribution in [2.45, 2.75) is 20.4 Å². The van der Waals surface area contributed by atoms with Gasteiger partial charge in [-0.1, -0.05) is 30.2 Å². The first-order valence-corrected chi connectivity index (χ1v) is 7.56. The van der Waals surface area contributed by atoms with Gasteiger partial charge in [0.15, 0.2) is 0 Å². The quantitative estimate of drug-likeness (QED) is 0.795. The molecule has 0 saturated carbocycles. The molecule has 0 radical (unpaired) electrons. The molecule has 0 fully saturated rings. The lowest BCUT2D eigenvalue weighted by Gasteiger charge is -2.15. The zero-order chi connectivity index (χ0) is 15.2. The summed E-state index contributed by atoms with van der Waals surface area (Å²) in [5.41, 5.74) is 4.64. The number of ether oxygens (including phenoxy) is 1. The maximum atomic E-state index is 5.57. The molecule has 0 bridgehead atoms. The van der Waals surface area contributed by atoms with Gasteiger partial charge in [-0.25, -0.2) is 0 Å². The van der Waals surface area contributed by atoms with E-state index in [0.717, 1.165) is 21.5 Å². The van der Waals surface area contributed by atoms with Crippen LogP contribution in [0.3, 0.4) is 0 Å². The molecule has 0 amide bonds. The fraction of sp³-hybridized carbons (Fsp3) is 0.222. The molecule has 0 spiro atoms. The Labute approximate surface area is 134 Å². The highest BCUT2D eigenvalue weighted by Gasteiger charge is 2.07. The summed E-state index contributed by atoms with van der Waals surface area (Å²) in [5, 5.41) is 3.46. The first kappa shape index (κ1) is 15.5. The molecule has 0 heterocycles. The highest BCUT2D eigenvalue weighted by atomic mass is 79.9. The summed E-state index contributed by atoms with van der Waals surface area (Å²) in [6, 6.07) is 12.2. The molecule has 0 aliphatic carbocycles. The molecule has 0 saturated heterocycles. The van der Waals surface area contributed by atoms with E-state index in [1.807, 2.05) is 24.3 Å². The van der Waals surface area contributed by atoms with Crippen LogP contribution in [-0.2, 0) is 6.54 Å². The summed E-state index contributed by atoms with van der Waals surface area (Å²) in [7, 11) is 0. The number of nitrogens with one attached hydrogen (secondary N) is 1. The van der Waals surface area contributed by atoms with Gasteiger partial charge in [0.1, 0.15) is 12.4 Å². The molecule has 2 rings (SSSR count). The third-order valence-electron chi connectivity index (χ3n) is 3.17. The zero-order valence-corrected chi connectivity index (χ0v) is 13.8. The summed E-state index contributed by atoms with van der Waals surface area (Å²) < 4.78 is 6.64. The second-order valence-corrected chi connectivity index (χ2v) is 5.75. The van der Waals surface area contributed by atoms with Crippen LogP contribution < -0.4 is 10.1 Å². The van der Waals surface area contributed by atoms with E-state index in [9.17, 15) is 0 Å². The summed E-state index contributed by atoms with van der Waals surface area (Å²) >= 11 is 3.61. The Bertz CT molecular complexity index is 650. The van der Waals surface area contributed by atoms with Crippen LogP contribution in [-0.4, -0.2) is 6.61 Å². The second kappa shape index (κ2) is 7.19. The summed E-state index contributed by atoms with van der Waals surface area (Å²) in [6.07, 6.45) is 5.25. The van der Waals surface area contributed by atoms with E-state index in [0.29, 0.717) is 6.54 Å². The van der Waals surface area contributed by atoms with Crippen molar-refractivity contribution in [3.8, 4) is 18.1 Å². The number of rotatable bonds is 5. The van der Waals surface area contributed by atoms with Crippen molar-refractivity contribution in [1.29, 1.82) is 0 Å². The van der Waals surface area contributed by atoms with Crippen molar-refractivity contribution in [3.63, 3.8) is 0 Å². The molecule has 3 heteroatoms. The van der Waals surface area contributed by atoms with Gasteiger partial charge in [0.05, 0.1) is 5.69 Å². The lowest BCUT2D eigenvalue weighted by molar-refractivity contribution is 0.366. The largest absolute Gasteiger partial charge is 0.481 e. The number of terminal acetylenes is 1. The van der Waals surface area contributed by atoms with Crippen molar-refractivity contribution in [2.24, 2.45) is 0 Å². The van der Waals surface area contributed by atoms with E-state index in [1.54, 1.807) is 0 Å². The average Bonchev–Trinajstić information content (AvgIpc) is 2.45. The molecule has 1 N–H and O–H groups in total. The van der Waals surface area contributed by atoms with E-state index in [2.05, 4.69) is 53.1 Å². The molecule has 2 nitrogen and oxygen atoms in total. The number of para-hydroxylation sites is 1. The number of benzene rings is 2. The minimum absolute atomic E-state index is 0.282. The molecule has 0 aliphatic rings. The summed E-state index contributed by atoms with van der Waals surface area (Å²) in [5.74, 6) is 3.31. The molecule has 0 unspecified atom stereocenters. The van der Waals surface area contributed by atoms with Crippen LogP contribution in [0.25, 0.3) is 0 Å². The van der Waals surface area contributed by atoms with E-state index >= 15 is 0 Å². The molecule has 2 aromatic rings. The van der Waals surface area contributed by atoms with Gasteiger partial charge >= 0.3 is 0 Å². The van der Waals surface area contributed by atoms with Crippen LogP contribution in [0.2, 0.25) is 0 Å². The monoisotopic (exact) mass is 343 g/mol. The molecular weight excluding hydrogens is 326 g/mol. The SMILES string of the molecule is C#CCOc1ccccc1CNc1c(C)cc(C)cc1Br. The Hall–Kier alpha value is -1.92. The predicted molar refractivity (Wildman–Crippen MR) is 91.7 cm³/mol. The van der Waals surface area contributed by atoms with Crippen LogP contribution in [0.1, 0.15) is 16.7 Å². The number of halogens is 1. The fourth-order valence-corrected chi connectivity index (χ4v) is 3.05. The maximum Gasteiger partial charge on any atom is 0.148 e. The molecule has 0 aliphatic heterocycles. The number of aryl methyl sites for hydroxylation is 2. The molecule has 21 heavy (non-hydrogen) atoms. The van der Waals surface area contributed by atoms with E-state index in [-0.39, 0.29) is 6.61 Å². The lowest BCUT2D eigenvalue weighted by Crippen LogP contribution is -2.05. The first-order valence-electron chi connectivity index (χ1n) is 6.76. The van der Waals surface area contributed by atoms with Crippen LogP contribution in [0, 0.1) is 26.2 Å². The van der Waals surface area contributed by atoms with Gasteiger partial charge in [0, 0.05) is 16.6 Å². The summed E-state index contributed by atoms with van der Waals surface area (Å²) in [4.78, 5) is 0. The van der Waals surface area contributed by atoms with Gasteiger partial charge in [-0.05, 0) is 53.0 Å². The van der Waals surface area contributed by atoms with Gasteiger partial charge in [-0.2, -0.15) is 0 Å². The van der Waals surface area contributed by atoms with Crippen molar-refractivity contribution in [1.82, 2.24) is 0 Å². The van der Waals surface area contributed by atoms with Crippen molar-refractivity contribution in [3.05, 3.63) is 57.6 Å². The van der Waals surface area contributed by atoms with Gasteiger partial charge in [0.25, 0.3) is 0 Å². The van der Waals surface area contributed by atoms with Gasteiger partial charge in [-0.3, -0.25) is 0 Å². The standard InChI is InChI=1S/C18H18BrNO/c1-4-9-21-17-8-6-5-7-15(17)12-20-18-14(3)10-13(2)11-16(18)19/h1,5-8,10-11,20H,9,12H2,2-3H3. The second-order valence-electron chi connectivity index (χ2n) is 4.89. The Morgan fingerprint density at radius 2 is 2.00 bits per heavy atom. The lowest BCUT2D eigenvalue weighted by atomic mass is 10.1. The fourth-order valence-electron chi connectivity index (χ4n) is 2.23. The Morgan fingerprint density at radius 3 is 2.71 bits per heavy atom. The molecular formula is C18H18BrNO. The van der Waals surface area contributed by atoms with Crippen LogP contribution >= 0.6 is 15.9 Å². The van der Waals surface area contributed by atoms with Gasteiger partial charge in [0.2, 0.25) is 0 Å². The maximum absolute atomic E-state index is 5.57. The van der Waals surface area contributed by atoms with Crippen LogP contribution in [0.5, 0.6) is 5.75 Å². The van der Waals surface area contributed by atoms with E-state index < -0.39 is 0 Å². The smallest absolute Gasteiger partial charge is 0.148 e. The van der Waals surface area contributed by atoms with Crippen LogP contribution in [0.15, 0.2) is 40.9 Å². The van der Waals surface area contributed by atoms with E-state index in [4.69, 9.17) is 11.2 Å². The topological polar surface area (TPSA) is 21.3 Å². The highest BCUT2D eigenvalue weighted by molar-refractivity contribution is 9.10. The Balaban J connectivity index is 2.16. The average molecular weight is 344 g/mol. The molecule has 108 valence electrons. The van der Waals surface area contributed by atoms with Crippen molar-refractivity contribution in [2.75, 3.05) is 11.9 Å². The minimum Gasteiger partial charge on any atom is -0.481 e. The van der Waals surface area contributed by atoms with Crippen LogP contribution in [0.4, 0.5) is 5.69 Å². The zero-order valence-electron chi connectivity index (χ0n) is 12.2. The Morgan fingerprint density at radius 1 is 1.24 bits per heavy atom. The van der Waals surface area contributed by atoms with Crippen molar-refractivity contribution < 1.29 is 4.74 Å². The third kappa shape index (κ3) is 4.03. The van der Waals surface area contributed by atoms with E-state index in [1.165, 1.54) is 11.1 Å². The predicted octanol–water partition coefficient (Wildman–Crippen LogP) is 4.69. The molecule has 2 aromatic carbocycles. The normalized spacial score (nSPS) is 10.0. The molecule has 0 atom stereocenters. The van der Waals surface area contributed by atoms with Crippen molar-refractivity contribution >= 4 is 21.6 Å². The molecule has 0 aromatic heterocycles. The van der Waals surface area contributed by atoms with Gasteiger partial charge < -0.3 is 10.1 Å². The first-order chi connectivity index (χ1) is 10.1. The van der Waals surface area contributed by atoms with Gasteiger partial charge in [-0.15, -0.1) is 6.42 Å². The third-order valence-corrected chi connectivity index (χ3v) is 3.80. The number of hydrogen-bond acceptors (Lipinski definition) is 2. The Kier molecular flexibility index (Phi) is 5.30. The highest BCUT2D eigenvalue weighted by Crippen LogP contribution is 2.29. The number of hydrogen-bond donors (Lipinski definition) is 1. The minimum atomic E-state index is 0.282. The summed E-state index contributed by atoms with van der Waals surface area (Å²) in [6.45, 7) is 5.15. The number of anilines is 1.